The fourth-order valence-corrected chi connectivity index (χ4v) is 3.71. The first-order chi connectivity index (χ1) is 7.79. The molecule has 0 unspecified atom stereocenters. The Labute approximate surface area is 110 Å². The lowest BCUT2D eigenvalue weighted by Crippen LogP contribution is -2.04. The molecule has 0 aliphatic heterocycles. The molecule has 94 valence electrons. The highest BCUT2D eigenvalue weighted by molar-refractivity contribution is 8.00. The second kappa shape index (κ2) is 5.89. The molecule has 0 amide bonds. The molecular formula is C11H13ClO3S2. The second-order valence-corrected chi connectivity index (χ2v) is 7.51. The lowest BCUT2D eigenvalue weighted by Gasteiger charge is -2.04. The molecular weight excluding hydrogens is 280 g/mol. The summed E-state index contributed by atoms with van der Waals surface area (Å²) in [4.78, 5) is 12.0. The monoisotopic (exact) mass is 292 g/mol. The molecule has 0 saturated heterocycles. The number of carbonyl (C=O) groups excluding carboxylic acids is 1. The van der Waals surface area contributed by atoms with Gasteiger partial charge in [-0.1, -0.05) is 11.6 Å². The summed E-state index contributed by atoms with van der Waals surface area (Å²) in [6.07, 6.45) is 1.21. The Morgan fingerprint density at radius 3 is 2.53 bits per heavy atom. The van der Waals surface area contributed by atoms with Crippen molar-refractivity contribution in [3.63, 3.8) is 0 Å². The fraction of sp³-hybridized carbons (Fsp3) is 0.364. The van der Waals surface area contributed by atoms with Crippen LogP contribution in [-0.4, -0.2) is 32.0 Å². The van der Waals surface area contributed by atoms with E-state index in [4.69, 9.17) is 11.6 Å². The average molecular weight is 293 g/mol. The molecule has 17 heavy (non-hydrogen) atoms. The van der Waals surface area contributed by atoms with Gasteiger partial charge in [-0.2, -0.15) is 0 Å². The lowest BCUT2D eigenvalue weighted by molar-refractivity contribution is 0.101. The number of ketones is 1. The highest BCUT2D eigenvalue weighted by Gasteiger charge is 2.07. The van der Waals surface area contributed by atoms with E-state index in [1.807, 2.05) is 0 Å². The van der Waals surface area contributed by atoms with Crippen LogP contribution in [0.25, 0.3) is 0 Å². The van der Waals surface area contributed by atoms with Crippen molar-refractivity contribution in [1.82, 2.24) is 0 Å². The normalized spacial score (nSPS) is 11.5. The van der Waals surface area contributed by atoms with E-state index >= 15 is 0 Å². The Hall–Kier alpha value is -0.520. The van der Waals surface area contributed by atoms with Crippen LogP contribution >= 0.6 is 23.4 Å². The molecule has 1 aromatic carbocycles. The van der Waals surface area contributed by atoms with Crippen LogP contribution in [0, 0.1) is 0 Å². The molecule has 1 rings (SSSR count). The van der Waals surface area contributed by atoms with Gasteiger partial charge in [0.1, 0.15) is 9.84 Å². The Morgan fingerprint density at radius 1 is 1.41 bits per heavy atom. The molecule has 0 fully saturated rings. The molecule has 0 bridgehead atoms. The SMILES string of the molecule is CC(=O)c1ccc(SCCS(C)(=O)=O)cc1Cl. The van der Waals surface area contributed by atoms with E-state index in [0.717, 1.165) is 4.90 Å². The highest BCUT2D eigenvalue weighted by Crippen LogP contribution is 2.25. The summed E-state index contributed by atoms with van der Waals surface area (Å²) in [6.45, 7) is 1.46. The van der Waals surface area contributed by atoms with Crippen molar-refractivity contribution in [2.75, 3.05) is 17.8 Å². The molecule has 0 saturated carbocycles. The predicted molar refractivity (Wildman–Crippen MR) is 71.9 cm³/mol. The third kappa shape index (κ3) is 5.10. The van der Waals surface area contributed by atoms with Crippen LogP contribution in [0.15, 0.2) is 23.1 Å². The van der Waals surface area contributed by atoms with Crippen LogP contribution in [-0.2, 0) is 9.84 Å². The Kier molecular flexibility index (Phi) is 5.04. The quantitative estimate of drug-likeness (QED) is 0.618. The van der Waals surface area contributed by atoms with Crippen molar-refractivity contribution >= 4 is 39.0 Å². The van der Waals surface area contributed by atoms with E-state index in [9.17, 15) is 13.2 Å². The van der Waals surface area contributed by atoms with Crippen LogP contribution in [0.2, 0.25) is 5.02 Å². The highest BCUT2D eigenvalue weighted by atomic mass is 35.5. The van der Waals surface area contributed by atoms with Gasteiger partial charge in [-0.3, -0.25) is 4.79 Å². The molecule has 0 aliphatic carbocycles. The first kappa shape index (κ1) is 14.5. The standard InChI is InChI=1S/C11H13ClO3S2/c1-8(13)10-4-3-9(7-11(10)12)16-5-6-17(2,14)15/h3-4,7H,5-6H2,1-2H3. The minimum absolute atomic E-state index is 0.0808. The summed E-state index contributed by atoms with van der Waals surface area (Å²) >= 11 is 7.35. The van der Waals surface area contributed by atoms with Gasteiger partial charge in [0.15, 0.2) is 5.78 Å². The summed E-state index contributed by atoms with van der Waals surface area (Å²) in [5.74, 6) is 0.529. The number of halogens is 1. The van der Waals surface area contributed by atoms with Crippen LogP contribution < -0.4 is 0 Å². The van der Waals surface area contributed by atoms with Gasteiger partial charge in [-0.15, -0.1) is 11.8 Å². The molecule has 0 aliphatic rings. The molecule has 0 N–H and O–H groups in total. The van der Waals surface area contributed by atoms with Gasteiger partial charge in [-0.25, -0.2) is 8.42 Å². The number of sulfone groups is 1. The average Bonchev–Trinajstić information content (AvgIpc) is 2.15. The van der Waals surface area contributed by atoms with Crippen molar-refractivity contribution in [3.05, 3.63) is 28.8 Å². The number of benzene rings is 1. The van der Waals surface area contributed by atoms with Crippen LogP contribution in [0.3, 0.4) is 0 Å². The first-order valence-corrected chi connectivity index (χ1v) is 8.33. The van der Waals surface area contributed by atoms with Gasteiger partial charge in [0, 0.05) is 22.5 Å². The lowest BCUT2D eigenvalue weighted by atomic mass is 10.1. The number of Topliss-reactive ketones (excluding diaryl/α,β-unsaturated/α-hetero) is 1. The van der Waals surface area contributed by atoms with Gasteiger partial charge in [0.05, 0.1) is 10.8 Å². The molecule has 0 heterocycles. The zero-order valence-corrected chi connectivity index (χ0v) is 12.0. The van der Waals surface area contributed by atoms with Gasteiger partial charge in [0.2, 0.25) is 0 Å². The van der Waals surface area contributed by atoms with Gasteiger partial charge >= 0.3 is 0 Å². The maximum atomic E-state index is 11.2. The van der Waals surface area contributed by atoms with E-state index in [-0.39, 0.29) is 11.5 Å². The van der Waals surface area contributed by atoms with Crippen molar-refractivity contribution in [2.45, 2.75) is 11.8 Å². The number of carbonyl (C=O) groups is 1. The molecule has 1 aromatic rings. The fourth-order valence-electron chi connectivity index (χ4n) is 1.18. The minimum Gasteiger partial charge on any atom is -0.294 e. The maximum absolute atomic E-state index is 11.2. The zero-order valence-electron chi connectivity index (χ0n) is 9.57. The van der Waals surface area contributed by atoms with Gasteiger partial charge in [-0.05, 0) is 25.1 Å². The van der Waals surface area contributed by atoms with E-state index in [0.29, 0.717) is 16.3 Å². The summed E-state index contributed by atoms with van der Waals surface area (Å²) in [7, 11) is -2.93. The second-order valence-electron chi connectivity index (χ2n) is 3.68. The predicted octanol–water partition coefficient (Wildman–Crippen LogP) is 2.68. The van der Waals surface area contributed by atoms with Crippen molar-refractivity contribution in [3.8, 4) is 0 Å². The number of hydrogen-bond acceptors (Lipinski definition) is 4. The summed E-state index contributed by atoms with van der Waals surface area (Å²) in [6, 6.07) is 5.12. The molecule has 3 nitrogen and oxygen atoms in total. The third-order valence-electron chi connectivity index (χ3n) is 2.04. The largest absolute Gasteiger partial charge is 0.294 e. The molecule has 0 spiro atoms. The Bertz CT molecular complexity index is 524. The minimum atomic E-state index is -2.93. The van der Waals surface area contributed by atoms with Gasteiger partial charge in [0.25, 0.3) is 0 Å². The van der Waals surface area contributed by atoms with Crippen molar-refractivity contribution < 1.29 is 13.2 Å². The summed E-state index contributed by atoms with van der Waals surface area (Å²) < 4.78 is 21.9. The molecule has 0 atom stereocenters. The van der Waals surface area contributed by atoms with E-state index in [2.05, 4.69) is 0 Å². The van der Waals surface area contributed by atoms with E-state index in [1.54, 1.807) is 18.2 Å². The van der Waals surface area contributed by atoms with Crippen molar-refractivity contribution in [1.29, 1.82) is 0 Å². The number of hydrogen-bond donors (Lipinski definition) is 0. The Morgan fingerprint density at radius 2 is 2.06 bits per heavy atom. The van der Waals surface area contributed by atoms with Crippen molar-refractivity contribution in [2.24, 2.45) is 0 Å². The molecule has 6 heteroatoms. The van der Waals surface area contributed by atoms with Crippen LogP contribution in [0.4, 0.5) is 0 Å². The zero-order chi connectivity index (χ0) is 13.1. The smallest absolute Gasteiger partial charge is 0.161 e. The number of rotatable bonds is 5. The van der Waals surface area contributed by atoms with E-state index in [1.165, 1.54) is 24.9 Å². The van der Waals surface area contributed by atoms with E-state index < -0.39 is 9.84 Å². The number of thioether (sulfide) groups is 1. The summed E-state index contributed by atoms with van der Waals surface area (Å²) in [5, 5.41) is 0.404. The van der Waals surface area contributed by atoms with Crippen LogP contribution in [0.1, 0.15) is 17.3 Å². The molecule has 0 aromatic heterocycles. The maximum Gasteiger partial charge on any atom is 0.161 e. The summed E-state index contributed by atoms with van der Waals surface area (Å²) in [5.41, 5.74) is 0.485. The topological polar surface area (TPSA) is 51.2 Å². The first-order valence-electron chi connectivity index (χ1n) is 4.90. The third-order valence-corrected chi connectivity index (χ3v) is 4.56. The Balaban J connectivity index is 2.68. The van der Waals surface area contributed by atoms with Gasteiger partial charge < -0.3 is 0 Å². The molecule has 0 radical (unpaired) electrons. The van der Waals surface area contributed by atoms with Crippen LogP contribution in [0.5, 0.6) is 0 Å².